The van der Waals surface area contributed by atoms with E-state index in [1.807, 2.05) is 24.5 Å². The first kappa shape index (κ1) is 16.3. The highest BCUT2D eigenvalue weighted by atomic mass is 32.2. The molecule has 1 amide bonds. The minimum Gasteiger partial charge on any atom is -0.459 e. The third kappa shape index (κ3) is 3.86. The lowest BCUT2D eigenvalue weighted by atomic mass is 10.2. The monoisotopic (exact) mass is 341 g/mol. The molecule has 3 rings (SSSR count). The first-order valence-electron chi connectivity index (χ1n) is 7.42. The van der Waals surface area contributed by atoms with Crippen LogP contribution in [0.2, 0.25) is 0 Å². The van der Waals surface area contributed by atoms with Gasteiger partial charge in [-0.15, -0.1) is 11.8 Å². The molecule has 1 N–H and O–H groups in total. The number of carbonyl (C=O) groups excluding carboxylic acids is 1. The molecule has 0 saturated carbocycles. The lowest BCUT2D eigenvalue weighted by Crippen LogP contribution is -2.22. The molecule has 0 radical (unpaired) electrons. The maximum Gasteiger partial charge on any atom is 0.251 e. The zero-order valence-electron chi connectivity index (χ0n) is 13.1. The molecule has 1 heterocycles. The van der Waals surface area contributed by atoms with Gasteiger partial charge in [-0.3, -0.25) is 4.79 Å². The van der Waals surface area contributed by atoms with Gasteiger partial charge in [0.05, 0.1) is 6.54 Å². The summed E-state index contributed by atoms with van der Waals surface area (Å²) in [6.07, 6.45) is 1.99. The molecule has 5 heteroatoms. The van der Waals surface area contributed by atoms with Crippen molar-refractivity contribution in [1.82, 2.24) is 5.32 Å². The number of halogens is 1. The fourth-order valence-corrected chi connectivity index (χ4v) is 2.66. The highest BCUT2D eigenvalue weighted by Gasteiger charge is 2.08. The van der Waals surface area contributed by atoms with Crippen molar-refractivity contribution in [3.63, 3.8) is 0 Å². The molecule has 0 aliphatic carbocycles. The quantitative estimate of drug-likeness (QED) is 0.682. The van der Waals surface area contributed by atoms with Gasteiger partial charge in [0.15, 0.2) is 0 Å². The Bertz CT molecular complexity index is 825. The lowest BCUT2D eigenvalue weighted by molar-refractivity contribution is 0.0948. The second-order valence-corrected chi connectivity index (χ2v) is 6.06. The average Bonchev–Trinajstić information content (AvgIpc) is 3.09. The highest BCUT2D eigenvalue weighted by molar-refractivity contribution is 7.98. The van der Waals surface area contributed by atoms with Crippen molar-refractivity contribution in [2.45, 2.75) is 11.4 Å². The fourth-order valence-electron chi connectivity index (χ4n) is 2.25. The van der Waals surface area contributed by atoms with Crippen molar-refractivity contribution in [1.29, 1.82) is 0 Å². The number of carbonyl (C=O) groups is 1. The molecule has 0 saturated heterocycles. The van der Waals surface area contributed by atoms with Crippen LogP contribution in [0.5, 0.6) is 0 Å². The van der Waals surface area contributed by atoms with E-state index in [1.54, 1.807) is 42.1 Å². The van der Waals surface area contributed by atoms with Gasteiger partial charge in [-0.2, -0.15) is 0 Å². The van der Waals surface area contributed by atoms with Crippen LogP contribution in [0.15, 0.2) is 70.0 Å². The molecule has 3 aromatic rings. The molecule has 0 aliphatic rings. The number of amides is 1. The van der Waals surface area contributed by atoms with Gasteiger partial charge in [-0.1, -0.05) is 0 Å². The molecule has 122 valence electrons. The molecule has 24 heavy (non-hydrogen) atoms. The average molecular weight is 341 g/mol. The van der Waals surface area contributed by atoms with E-state index in [1.165, 1.54) is 12.1 Å². The largest absolute Gasteiger partial charge is 0.459 e. The van der Waals surface area contributed by atoms with E-state index in [2.05, 4.69) is 5.32 Å². The van der Waals surface area contributed by atoms with Crippen LogP contribution in [0.4, 0.5) is 4.39 Å². The second-order valence-electron chi connectivity index (χ2n) is 5.18. The first-order chi connectivity index (χ1) is 11.7. The summed E-state index contributed by atoms with van der Waals surface area (Å²) in [5.41, 5.74) is 1.40. The van der Waals surface area contributed by atoms with Crippen LogP contribution >= 0.6 is 11.8 Å². The molecule has 0 unspecified atom stereocenters. The summed E-state index contributed by atoms with van der Waals surface area (Å²) in [5, 5.41) is 2.83. The molecule has 1 aromatic heterocycles. The smallest absolute Gasteiger partial charge is 0.251 e. The Kier molecular flexibility index (Phi) is 5.01. The van der Waals surface area contributed by atoms with Gasteiger partial charge in [0, 0.05) is 16.0 Å². The molecule has 0 atom stereocenters. The second kappa shape index (κ2) is 7.36. The van der Waals surface area contributed by atoms with Crippen LogP contribution in [-0.4, -0.2) is 12.2 Å². The molecule has 2 aromatic carbocycles. The molecule has 0 spiro atoms. The molecule has 0 aliphatic heterocycles. The molecule has 0 bridgehead atoms. The minimum absolute atomic E-state index is 0.151. The van der Waals surface area contributed by atoms with Gasteiger partial charge in [-0.05, 0) is 66.9 Å². The maximum atomic E-state index is 12.9. The number of rotatable bonds is 5. The van der Waals surface area contributed by atoms with E-state index < -0.39 is 0 Å². The van der Waals surface area contributed by atoms with Gasteiger partial charge < -0.3 is 9.73 Å². The van der Waals surface area contributed by atoms with Gasteiger partial charge in [0.25, 0.3) is 5.91 Å². The summed E-state index contributed by atoms with van der Waals surface area (Å²) in [4.78, 5) is 13.2. The van der Waals surface area contributed by atoms with Gasteiger partial charge in [0.1, 0.15) is 17.3 Å². The Morgan fingerprint density at radius 1 is 1.04 bits per heavy atom. The van der Waals surface area contributed by atoms with Crippen LogP contribution in [0.3, 0.4) is 0 Å². The van der Waals surface area contributed by atoms with Crippen LogP contribution in [0.1, 0.15) is 16.1 Å². The first-order valence-corrected chi connectivity index (χ1v) is 8.65. The predicted octanol–water partition coefficient (Wildman–Crippen LogP) is 4.74. The van der Waals surface area contributed by atoms with Crippen LogP contribution in [-0.2, 0) is 6.54 Å². The minimum atomic E-state index is -0.287. The zero-order valence-corrected chi connectivity index (χ0v) is 13.9. The fraction of sp³-hybridized carbons (Fsp3) is 0.105. The number of benzene rings is 2. The van der Waals surface area contributed by atoms with Crippen molar-refractivity contribution >= 4 is 17.7 Å². The van der Waals surface area contributed by atoms with Crippen LogP contribution in [0, 0.1) is 5.82 Å². The Labute approximate surface area is 143 Å². The topological polar surface area (TPSA) is 42.2 Å². The lowest BCUT2D eigenvalue weighted by Gasteiger charge is -2.04. The van der Waals surface area contributed by atoms with Crippen LogP contribution in [0.25, 0.3) is 11.3 Å². The molecule has 3 nitrogen and oxygen atoms in total. The van der Waals surface area contributed by atoms with Crippen molar-refractivity contribution < 1.29 is 13.6 Å². The number of furan rings is 1. The van der Waals surface area contributed by atoms with E-state index in [-0.39, 0.29) is 11.7 Å². The van der Waals surface area contributed by atoms with Crippen molar-refractivity contribution in [2.75, 3.05) is 6.26 Å². The SMILES string of the molecule is CSc1ccc(C(=O)NCc2ccc(-c3ccc(F)cc3)o2)cc1. The van der Waals surface area contributed by atoms with Crippen LogP contribution < -0.4 is 5.32 Å². The summed E-state index contributed by atoms with van der Waals surface area (Å²) in [6, 6.07) is 17.1. The van der Waals surface area contributed by atoms with E-state index >= 15 is 0 Å². The van der Waals surface area contributed by atoms with E-state index in [9.17, 15) is 9.18 Å². The molecule has 0 fully saturated rings. The summed E-state index contributed by atoms with van der Waals surface area (Å²) < 4.78 is 18.6. The van der Waals surface area contributed by atoms with E-state index in [4.69, 9.17) is 4.42 Å². The van der Waals surface area contributed by atoms with Crippen molar-refractivity contribution in [2.24, 2.45) is 0 Å². The molecular weight excluding hydrogens is 325 g/mol. The summed E-state index contributed by atoms with van der Waals surface area (Å²) >= 11 is 1.63. The Morgan fingerprint density at radius 3 is 2.42 bits per heavy atom. The normalized spacial score (nSPS) is 10.6. The van der Waals surface area contributed by atoms with Gasteiger partial charge in [-0.25, -0.2) is 4.39 Å². The third-order valence-corrected chi connectivity index (χ3v) is 4.31. The van der Waals surface area contributed by atoms with Crippen molar-refractivity contribution in [3.8, 4) is 11.3 Å². The Morgan fingerprint density at radius 2 is 1.75 bits per heavy atom. The Balaban J connectivity index is 1.62. The standard InChI is InChI=1S/C19H16FNO2S/c1-24-17-9-4-14(5-10-17)19(22)21-12-16-8-11-18(23-16)13-2-6-15(20)7-3-13/h2-11H,12H2,1H3,(H,21,22). The van der Waals surface area contributed by atoms with Gasteiger partial charge in [0.2, 0.25) is 0 Å². The summed E-state index contributed by atoms with van der Waals surface area (Å²) in [7, 11) is 0. The van der Waals surface area contributed by atoms with Gasteiger partial charge >= 0.3 is 0 Å². The van der Waals surface area contributed by atoms with E-state index in [0.717, 1.165) is 10.5 Å². The molecular formula is C19H16FNO2S. The third-order valence-electron chi connectivity index (χ3n) is 3.57. The maximum absolute atomic E-state index is 12.9. The van der Waals surface area contributed by atoms with Crippen molar-refractivity contribution in [3.05, 3.63) is 77.8 Å². The number of hydrogen-bond acceptors (Lipinski definition) is 3. The Hall–Kier alpha value is -2.53. The number of hydrogen-bond donors (Lipinski definition) is 1. The zero-order chi connectivity index (χ0) is 16.9. The number of thioether (sulfide) groups is 1. The number of nitrogens with one attached hydrogen (secondary N) is 1. The highest BCUT2D eigenvalue weighted by Crippen LogP contribution is 2.22. The predicted molar refractivity (Wildman–Crippen MR) is 93.5 cm³/mol. The summed E-state index contributed by atoms with van der Waals surface area (Å²) in [6.45, 7) is 0.296. The summed E-state index contributed by atoms with van der Waals surface area (Å²) in [5.74, 6) is 0.847. The van der Waals surface area contributed by atoms with E-state index in [0.29, 0.717) is 23.6 Å².